The highest BCUT2D eigenvalue weighted by Crippen LogP contribution is 2.14. The van der Waals surface area contributed by atoms with Gasteiger partial charge in [0.25, 0.3) is 0 Å². The van der Waals surface area contributed by atoms with Crippen molar-refractivity contribution in [2.24, 2.45) is 5.92 Å². The van der Waals surface area contributed by atoms with Crippen molar-refractivity contribution in [2.75, 3.05) is 13.2 Å². The summed E-state index contributed by atoms with van der Waals surface area (Å²) in [5.41, 5.74) is 0. The SMILES string of the molecule is CCCCCCCCCCCCC(=O)OC[C@H](CO)OC(=O)CCCCCCCCCCCCC(C)C. The topological polar surface area (TPSA) is 72.8 Å². The summed E-state index contributed by atoms with van der Waals surface area (Å²) in [6.07, 6.45) is 25.8. The number of carbonyl (C=O) groups is 2. The Bertz CT molecular complexity index is 505. The molecule has 0 aliphatic heterocycles. The van der Waals surface area contributed by atoms with E-state index >= 15 is 0 Å². The lowest BCUT2D eigenvalue weighted by Crippen LogP contribution is -2.28. The Morgan fingerprint density at radius 3 is 1.43 bits per heavy atom. The molecular formula is C32H62O5. The van der Waals surface area contributed by atoms with E-state index in [4.69, 9.17) is 9.47 Å². The highest BCUT2D eigenvalue weighted by Gasteiger charge is 2.16. The normalized spacial score (nSPS) is 12.1. The summed E-state index contributed by atoms with van der Waals surface area (Å²) in [5.74, 6) is 0.240. The van der Waals surface area contributed by atoms with E-state index in [0.29, 0.717) is 12.8 Å². The lowest BCUT2D eigenvalue weighted by atomic mass is 10.0. The summed E-state index contributed by atoms with van der Waals surface area (Å²) in [6.45, 7) is 6.44. The zero-order valence-corrected chi connectivity index (χ0v) is 24.9. The van der Waals surface area contributed by atoms with Crippen LogP contribution in [0.25, 0.3) is 0 Å². The van der Waals surface area contributed by atoms with Crippen molar-refractivity contribution in [3.8, 4) is 0 Å². The van der Waals surface area contributed by atoms with E-state index < -0.39 is 6.10 Å². The van der Waals surface area contributed by atoms with Gasteiger partial charge in [-0.1, -0.05) is 143 Å². The second kappa shape index (κ2) is 27.9. The minimum absolute atomic E-state index is 0.0592. The van der Waals surface area contributed by atoms with E-state index in [1.165, 1.54) is 96.3 Å². The summed E-state index contributed by atoms with van der Waals surface area (Å²) in [5, 5.41) is 9.47. The monoisotopic (exact) mass is 526 g/mol. The minimum Gasteiger partial charge on any atom is -0.462 e. The van der Waals surface area contributed by atoms with Crippen LogP contribution in [-0.4, -0.2) is 36.4 Å². The molecule has 0 radical (unpaired) electrons. The fraction of sp³-hybridized carbons (Fsp3) is 0.938. The molecule has 1 atom stereocenters. The van der Waals surface area contributed by atoms with Crippen molar-refractivity contribution in [1.82, 2.24) is 0 Å². The van der Waals surface area contributed by atoms with Crippen LogP contribution in [0.1, 0.15) is 168 Å². The predicted molar refractivity (Wildman–Crippen MR) is 155 cm³/mol. The molecular weight excluding hydrogens is 464 g/mol. The van der Waals surface area contributed by atoms with Crippen LogP contribution in [0.4, 0.5) is 0 Å². The Kier molecular flexibility index (Phi) is 27.1. The molecule has 0 heterocycles. The van der Waals surface area contributed by atoms with Gasteiger partial charge in [0.05, 0.1) is 6.61 Å². The standard InChI is InChI=1S/C32H62O5/c1-4-5-6-7-8-9-13-16-19-22-25-31(34)36-28-30(27-33)37-32(35)26-23-20-17-14-11-10-12-15-18-21-24-29(2)3/h29-30,33H,4-28H2,1-3H3/t30-/m0/s1. The van der Waals surface area contributed by atoms with E-state index in [9.17, 15) is 14.7 Å². The molecule has 0 aliphatic rings. The molecule has 0 spiro atoms. The number of unbranched alkanes of at least 4 members (excludes halogenated alkanes) is 18. The van der Waals surface area contributed by atoms with Crippen molar-refractivity contribution in [1.29, 1.82) is 0 Å². The van der Waals surface area contributed by atoms with E-state index in [-0.39, 0.29) is 25.2 Å². The predicted octanol–water partition coefficient (Wildman–Crippen LogP) is 9.08. The van der Waals surface area contributed by atoms with Gasteiger partial charge in [0, 0.05) is 12.8 Å². The third kappa shape index (κ3) is 27.7. The fourth-order valence-corrected chi connectivity index (χ4v) is 4.62. The molecule has 0 amide bonds. The van der Waals surface area contributed by atoms with E-state index in [1.807, 2.05) is 0 Å². The number of carbonyl (C=O) groups excluding carboxylic acids is 2. The fourth-order valence-electron chi connectivity index (χ4n) is 4.62. The van der Waals surface area contributed by atoms with Crippen molar-refractivity contribution < 1.29 is 24.2 Å². The van der Waals surface area contributed by atoms with Crippen LogP contribution in [0.3, 0.4) is 0 Å². The number of aliphatic hydroxyl groups is 1. The van der Waals surface area contributed by atoms with Crippen LogP contribution in [0.2, 0.25) is 0 Å². The van der Waals surface area contributed by atoms with Gasteiger partial charge in [-0.3, -0.25) is 9.59 Å². The lowest BCUT2D eigenvalue weighted by molar-refractivity contribution is -0.161. The molecule has 0 aliphatic carbocycles. The van der Waals surface area contributed by atoms with Crippen molar-refractivity contribution >= 4 is 11.9 Å². The summed E-state index contributed by atoms with van der Waals surface area (Å²) in [4.78, 5) is 24.0. The highest BCUT2D eigenvalue weighted by atomic mass is 16.6. The van der Waals surface area contributed by atoms with Gasteiger partial charge < -0.3 is 14.6 Å². The Morgan fingerprint density at radius 1 is 0.595 bits per heavy atom. The average Bonchev–Trinajstić information content (AvgIpc) is 2.88. The zero-order chi connectivity index (χ0) is 27.4. The number of hydrogen-bond donors (Lipinski definition) is 1. The second-order valence-corrected chi connectivity index (χ2v) is 11.4. The number of esters is 2. The smallest absolute Gasteiger partial charge is 0.306 e. The summed E-state index contributed by atoms with van der Waals surface area (Å²) in [7, 11) is 0. The number of hydrogen-bond acceptors (Lipinski definition) is 5. The molecule has 0 aromatic heterocycles. The summed E-state index contributed by atoms with van der Waals surface area (Å²) in [6, 6.07) is 0. The van der Waals surface area contributed by atoms with Crippen LogP contribution in [0.5, 0.6) is 0 Å². The molecule has 0 saturated carbocycles. The zero-order valence-electron chi connectivity index (χ0n) is 24.9. The molecule has 1 N–H and O–H groups in total. The van der Waals surface area contributed by atoms with E-state index in [2.05, 4.69) is 20.8 Å². The van der Waals surface area contributed by atoms with Crippen molar-refractivity contribution in [2.45, 2.75) is 175 Å². The Balaban J connectivity index is 3.56. The first-order chi connectivity index (χ1) is 18.0. The Labute approximate surface area is 229 Å². The largest absolute Gasteiger partial charge is 0.462 e. The van der Waals surface area contributed by atoms with Gasteiger partial charge in [-0.25, -0.2) is 0 Å². The molecule has 0 unspecified atom stereocenters. The second-order valence-electron chi connectivity index (χ2n) is 11.4. The quantitative estimate of drug-likeness (QED) is 0.0813. The van der Waals surface area contributed by atoms with Gasteiger partial charge in [-0.2, -0.15) is 0 Å². The van der Waals surface area contributed by atoms with Gasteiger partial charge in [-0.05, 0) is 18.8 Å². The minimum atomic E-state index is -0.760. The average molecular weight is 527 g/mol. The van der Waals surface area contributed by atoms with E-state index in [1.54, 1.807) is 0 Å². The van der Waals surface area contributed by atoms with Crippen molar-refractivity contribution in [3.63, 3.8) is 0 Å². The van der Waals surface area contributed by atoms with Crippen LogP contribution in [-0.2, 0) is 19.1 Å². The third-order valence-corrected chi connectivity index (χ3v) is 7.08. The Hall–Kier alpha value is -1.10. The molecule has 0 rings (SSSR count). The van der Waals surface area contributed by atoms with Gasteiger partial charge >= 0.3 is 11.9 Å². The number of aliphatic hydroxyl groups excluding tert-OH is 1. The maximum atomic E-state index is 12.1. The van der Waals surface area contributed by atoms with Crippen molar-refractivity contribution in [3.05, 3.63) is 0 Å². The molecule has 0 fully saturated rings. The maximum absolute atomic E-state index is 12.1. The van der Waals surface area contributed by atoms with Crippen LogP contribution >= 0.6 is 0 Å². The first-order valence-corrected chi connectivity index (χ1v) is 16.0. The maximum Gasteiger partial charge on any atom is 0.306 e. The van der Waals surface area contributed by atoms with Gasteiger partial charge in [0.1, 0.15) is 6.61 Å². The molecule has 0 saturated heterocycles. The van der Waals surface area contributed by atoms with Gasteiger partial charge in [0.2, 0.25) is 0 Å². The summed E-state index contributed by atoms with van der Waals surface area (Å²) >= 11 is 0. The molecule has 0 bridgehead atoms. The van der Waals surface area contributed by atoms with Gasteiger partial charge in [0.15, 0.2) is 6.10 Å². The lowest BCUT2D eigenvalue weighted by Gasteiger charge is -2.15. The third-order valence-electron chi connectivity index (χ3n) is 7.08. The Morgan fingerprint density at radius 2 is 1.00 bits per heavy atom. The summed E-state index contributed by atoms with van der Waals surface area (Å²) < 4.78 is 10.5. The van der Waals surface area contributed by atoms with E-state index in [0.717, 1.165) is 44.4 Å². The molecule has 220 valence electrons. The number of ether oxygens (including phenoxy) is 2. The molecule has 37 heavy (non-hydrogen) atoms. The van der Waals surface area contributed by atoms with Gasteiger partial charge in [-0.15, -0.1) is 0 Å². The van der Waals surface area contributed by atoms with Crippen LogP contribution < -0.4 is 0 Å². The first kappa shape index (κ1) is 35.9. The molecule has 5 nitrogen and oxygen atoms in total. The molecule has 0 aromatic rings. The van der Waals surface area contributed by atoms with Crippen LogP contribution in [0, 0.1) is 5.92 Å². The highest BCUT2D eigenvalue weighted by molar-refractivity contribution is 5.70. The molecule has 5 heteroatoms. The number of rotatable bonds is 28. The van der Waals surface area contributed by atoms with Crippen LogP contribution in [0.15, 0.2) is 0 Å². The molecule has 0 aromatic carbocycles. The first-order valence-electron chi connectivity index (χ1n) is 16.0.